The molecule has 18 heavy (non-hydrogen) atoms. The van der Waals surface area contributed by atoms with Crippen LogP contribution in [0.25, 0.3) is 0 Å². The number of aliphatic carboxylic acids is 1. The van der Waals surface area contributed by atoms with Gasteiger partial charge in [-0.25, -0.2) is 0 Å². The maximum absolute atomic E-state index is 10.9. The Morgan fingerprint density at radius 2 is 2.33 bits per heavy atom. The fourth-order valence-electron chi connectivity index (χ4n) is 3.03. The number of carboxylic acids is 1. The van der Waals surface area contributed by atoms with Gasteiger partial charge in [-0.15, -0.1) is 0 Å². The average Bonchev–Trinajstić information content (AvgIpc) is 2.83. The van der Waals surface area contributed by atoms with E-state index in [1.807, 2.05) is 13.8 Å². The number of hydrogen-bond donors (Lipinski definition) is 1. The number of furan rings is 1. The van der Waals surface area contributed by atoms with E-state index < -0.39 is 5.97 Å². The second-order valence-corrected chi connectivity index (χ2v) is 5.18. The van der Waals surface area contributed by atoms with Crippen LogP contribution in [0.5, 0.6) is 0 Å². The molecule has 1 aliphatic rings. The van der Waals surface area contributed by atoms with Gasteiger partial charge in [-0.05, 0) is 46.2 Å². The summed E-state index contributed by atoms with van der Waals surface area (Å²) in [4.78, 5) is 13.2. The van der Waals surface area contributed by atoms with Crippen molar-refractivity contribution in [3.05, 3.63) is 23.2 Å². The number of carboxylic acid groups (broad SMARTS) is 1. The third-order valence-electron chi connectivity index (χ3n) is 3.86. The van der Waals surface area contributed by atoms with Crippen LogP contribution in [-0.2, 0) is 4.79 Å². The van der Waals surface area contributed by atoms with Crippen molar-refractivity contribution in [3.63, 3.8) is 0 Å². The Labute approximate surface area is 108 Å². The van der Waals surface area contributed by atoms with E-state index in [9.17, 15) is 4.79 Å². The van der Waals surface area contributed by atoms with Gasteiger partial charge in [0.05, 0.1) is 6.42 Å². The van der Waals surface area contributed by atoms with Crippen molar-refractivity contribution in [1.29, 1.82) is 0 Å². The molecular weight excluding hydrogens is 230 g/mol. The third kappa shape index (κ3) is 2.58. The van der Waals surface area contributed by atoms with Crippen LogP contribution in [0.2, 0.25) is 0 Å². The van der Waals surface area contributed by atoms with E-state index in [4.69, 9.17) is 9.52 Å². The highest BCUT2D eigenvalue weighted by Gasteiger charge is 2.31. The van der Waals surface area contributed by atoms with Gasteiger partial charge in [-0.1, -0.05) is 0 Å². The fraction of sp³-hybridized carbons (Fsp3) is 0.643. The molecule has 4 nitrogen and oxygen atoms in total. The van der Waals surface area contributed by atoms with Gasteiger partial charge < -0.3 is 9.52 Å². The van der Waals surface area contributed by atoms with Crippen molar-refractivity contribution >= 4 is 5.97 Å². The number of aryl methyl sites for hydroxylation is 2. The minimum Gasteiger partial charge on any atom is -0.481 e. The molecule has 0 aliphatic carbocycles. The smallest absolute Gasteiger partial charge is 0.304 e. The lowest BCUT2D eigenvalue weighted by molar-refractivity contribution is -0.138. The molecule has 1 aromatic heterocycles. The lowest BCUT2D eigenvalue weighted by Gasteiger charge is -2.29. The summed E-state index contributed by atoms with van der Waals surface area (Å²) in [7, 11) is 0. The first-order chi connectivity index (χ1) is 8.49. The highest BCUT2D eigenvalue weighted by molar-refractivity contribution is 5.67. The molecule has 2 rings (SSSR count). The van der Waals surface area contributed by atoms with E-state index in [2.05, 4.69) is 17.9 Å². The first kappa shape index (κ1) is 13.1. The Bertz CT molecular complexity index is 438. The van der Waals surface area contributed by atoms with Crippen molar-refractivity contribution in [3.8, 4) is 0 Å². The zero-order valence-electron chi connectivity index (χ0n) is 11.3. The van der Waals surface area contributed by atoms with Crippen LogP contribution >= 0.6 is 0 Å². The molecule has 100 valence electrons. The standard InChI is InChI=1S/C14H21NO3/c1-9-7-13(11(3)18-9)10(2)15-6-4-5-12(15)8-14(16)17/h7,10,12H,4-6,8H2,1-3H3,(H,16,17). The number of hydrogen-bond acceptors (Lipinski definition) is 3. The molecule has 1 saturated heterocycles. The molecule has 1 fully saturated rings. The first-order valence-corrected chi connectivity index (χ1v) is 6.53. The Kier molecular flexibility index (Phi) is 3.76. The molecule has 1 aliphatic heterocycles. The topological polar surface area (TPSA) is 53.7 Å². The lowest BCUT2D eigenvalue weighted by atomic mass is 10.1. The SMILES string of the molecule is Cc1cc(C(C)N2CCCC2CC(=O)O)c(C)o1. The largest absolute Gasteiger partial charge is 0.481 e. The summed E-state index contributed by atoms with van der Waals surface area (Å²) in [6.45, 7) is 7.03. The molecule has 0 amide bonds. The van der Waals surface area contributed by atoms with Gasteiger partial charge in [0.15, 0.2) is 0 Å². The van der Waals surface area contributed by atoms with Gasteiger partial charge in [-0.2, -0.15) is 0 Å². The fourth-order valence-corrected chi connectivity index (χ4v) is 3.03. The summed E-state index contributed by atoms with van der Waals surface area (Å²) in [6.07, 6.45) is 2.30. The maximum Gasteiger partial charge on any atom is 0.304 e. The Morgan fingerprint density at radius 3 is 2.89 bits per heavy atom. The molecule has 2 unspecified atom stereocenters. The van der Waals surface area contributed by atoms with E-state index in [0.717, 1.165) is 30.9 Å². The van der Waals surface area contributed by atoms with Crippen LogP contribution in [0.15, 0.2) is 10.5 Å². The molecule has 1 N–H and O–H groups in total. The molecule has 0 bridgehead atoms. The van der Waals surface area contributed by atoms with Crippen LogP contribution < -0.4 is 0 Å². The van der Waals surface area contributed by atoms with E-state index in [-0.39, 0.29) is 18.5 Å². The van der Waals surface area contributed by atoms with Crippen molar-refractivity contribution in [2.24, 2.45) is 0 Å². The van der Waals surface area contributed by atoms with Crippen LogP contribution in [0.3, 0.4) is 0 Å². The van der Waals surface area contributed by atoms with E-state index in [1.165, 1.54) is 5.56 Å². The first-order valence-electron chi connectivity index (χ1n) is 6.53. The Hall–Kier alpha value is -1.29. The quantitative estimate of drug-likeness (QED) is 0.894. The van der Waals surface area contributed by atoms with Gasteiger partial charge in [0.2, 0.25) is 0 Å². The van der Waals surface area contributed by atoms with Gasteiger partial charge >= 0.3 is 5.97 Å². The molecule has 0 spiro atoms. The summed E-state index contributed by atoms with van der Waals surface area (Å²) < 4.78 is 5.57. The summed E-state index contributed by atoms with van der Waals surface area (Å²) in [6, 6.07) is 2.46. The zero-order valence-corrected chi connectivity index (χ0v) is 11.3. The van der Waals surface area contributed by atoms with Crippen molar-refractivity contribution < 1.29 is 14.3 Å². The van der Waals surface area contributed by atoms with Crippen LogP contribution in [0.4, 0.5) is 0 Å². The molecule has 4 heteroatoms. The number of carbonyl (C=O) groups is 1. The minimum absolute atomic E-state index is 0.159. The van der Waals surface area contributed by atoms with Crippen molar-refractivity contribution in [1.82, 2.24) is 4.90 Å². The number of likely N-dealkylation sites (tertiary alicyclic amines) is 1. The zero-order chi connectivity index (χ0) is 13.3. The summed E-state index contributed by atoms with van der Waals surface area (Å²) >= 11 is 0. The predicted molar refractivity (Wildman–Crippen MR) is 68.6 cm³/mol. The van der Waals surface area contributed by atoms with Crippen molar-refractivity contribution in [2.75, 3.05) is 6.54 Å². The monoisotopic (exact) mass is 251 g/mol. The van der Waals surface area contributed by atoms with E-state index in [0.29, 0.717) is 0 Å². The molecule has 2 heterocycles. The highest BCUT2D eigenvalue weighted by Crippen LogP contribution is 2.33. The minimum atomic E-state index is -0.709. The van der Waals surface area contributed by atoms with E-state index >= 15 is 0 Å². The van der Waals surface area contributed by atoms with Crippen LogP contribution in [-0.4, -0.2) is 28.6 Å². The Balaban J connectivity index is 2.14. The third-order valence-corrected chi connectivity index (χ3v) is 3.86. The van der Waals surface area contributed by atoms with Crippen LogP contribution in [0.1, 0.15) is 49.3 Å². The maximum atomic E-state index is 10.9. The second kappa shape index (κ2) is 5.14. The molecule has 0 radical (unpaired) electrons. The van der Waals surface area contributed by atoms with Crippen LogP contribution in [0, 0.1) is 13.8 Å². The van der Waals surface area contributed by atoms with Gasteiger partial charge in [0, 0.05) is 17.6 Å². The summed E-state index contributed by atoms with van der Waals surface area (Å²) in [5.74, 6) is 1.16. The highest BCUT2D eigenvalue weighted by atomic mass is 16.4. The average molecular weight is 251 g/mol. The van der Waals surface area contributed by atoms with Gasteiger partial charge in [0.25, 0.3) is 0 Å². The van der Waals surface area contributed by atoms with E-state index in [1.54, 1.807) is 0 Å². The molecule has 0 aromatic carbocycles. The lowest BCUT2D eigenvalue weighted by Crippen LogP contribution is -2.33. The molecular formula is C14H21NO3. The summed E-state index contributed by atoms with van der Waals surface area (Å²) in [5, 5.41) is 8.96. The number of nitrogens with zero attached hydrogens (tertiary/aromatic N) is 1. The normalized spacial score (nSPS) is 22.3. The second-order valence-electron chi connectivity index (χ2n) is 5.18. The van der Waals surface area contributed by atoms with Gasteiger partial charge in [-0.3, -0.25) is 9.69 Å². The van der Waals surface area contributed by atoms with Gasteiger partial charge in [0.1, 0.15) is 11.5 Å². The molecule has 0 saturated carbocycles. The molecule has 1 aromatic rings. The predicted octanol–water partition coefficient (Wildman–Crippen LogP) is 2.90. The summed E-state index contributed by atoms with van der Waals surface area (Å²) in [5.41, 5.74) is 1.18. The van der Waals surface area contributed by atoms with Crippen molar-refractivity contribution in [2.45, 2.75) is 52.1 Å². The Morgan fingerprint density at radius 1 is 1.61 bits per heavy atom. The molecule has 2 atom stereocenters. The number of rotatable bonds is 4.